The van der Waals surface area contributed by atoms with Crippen LogP contribution in [0.5, 0.6) is 0 Å². The third kappa shape index (κ3) is 0.337. The van der Waals surface area contributed by atoms with Crippen LogP contribution in [0.1, 0.15) is 32.1 Å². The molecule has 6 atom stereocenters. The van der Waals surface area contributed by atoms with Gasteiger partial charge in [-0.15, -0.1) is 0 Å². The second-order valence-corrected chi connectivity index (χ2v) is 6.52. The Morgan fingerprint density at radius 2 is 1.43 bits per heavy atom. The Kier molecular flexibility index (Phi) is 0.624. The van der Waals surface area contributed by atoms with E-state index in [1.54, 1.807) is 0 Å². The van der Waals surface area contributed by atoms with Crippen molar-refractivity contribution in [2.24, 2.45) is 17.3 Å². The predicted octanol–water partition coefficient (Wildman–Crippen LogP) is 1.49. The highest BCUT2D eigenvalue weighted by atomic mass is 16.7. The second kappa shape index (κ2) is 1.35. The highest BCUT2D eigenvalue weighted by Crippen LogP contribution is 2.89. The van der Waals surface area contributed by atoms with Crippen LogP contribution in [0, 0.1) is 17.3 Å². The molecule has 0 aromatic rings. The third-order valence-electron chi connectivity index (χ3n) is 6.42. The van der Waals surface area contributed by atoms with E-state index in [9.17, 15) is 0 Å². The molecule has 0 unspecified atom stereocenters. The summed E-state index contributed by atoms with van der Waals surface area (Å²) in [6, 6.07) is 0. The summed E-state index contributed by atoms with van der Waals surface area (Å²) in [5, 5.41) is 0. The number of rotatable bonds is 0. The minimum Gasteiger partial charge on any atom is -0.362 e. The molecular formula is C12H14O2. The molecule has 4 aliphatic carbocycles. The monoisotopic (exact) mass is 190 g/mol. The Bertz CT molecular complexity index is 356. The molecule has 2 nitrogen and oxygen atoms in total. The van der Waals surface area contributed by atoms with Crippen LogP contribution in [0.15, 0.2) is 0 Å². The zero-order valence-electron chi connectivity index (χ0n) is 8.16. The molecule has 2 aliphatic heterocycles. The Hall–Kier alpha value is -0.0800. The minimum absolute atomic E-state index is 0.275. The van der Waals surface area contributed by atoms with Crippen LogP contribution in [0.2, 0.25) is 0 Å². The first kappa shape index (κ1) is 6.49. The van der Waals surface area contributed by atoms with Crippen molar-refractivity contribution in [3.05, 3.63) is 0 Å². The summed E-state index contributed by atoms with van der Waals surface area (Å²) < 4.78 is 12.4. The second-order valence-electron chi connectivity index (χ2n) is 6.52. The fourth-order valence-electron chi connectivity index (χ4n) is 5.83. The fraction of sp³-hybridized carbons (Fsp3) is 1.00. The van der Waals surface area contributed by atoms with E-state index in [-0.39, 0.29) is 11.2 Å². The lowest BCUT2D eigenvalue weighted by molar-refractivity contribution is 0.100. The summed E-state index contributed by atoms with van der Waals surface area (Å²) in [6.07, 6.45) is 8.34. The maximum absolute atomic E-state index is 6.20. The van der Waals surface area contributed by atoms with Crippen molar-refractivity contribution in [1.82, 2.24) is 0 Å². The predicted molar refractivity (Wildman–Crippen MR) is 47.7 cm³/mol. The zero-order valence-corrected chi connectivity index (χ0v) is 8.16. The van der Waals surface area contributed by atoms with Crippen LogP contribution < -0.4 is 0 Å². The van der Waals surface area contributed by atoms with E-state index >= 15 is 0 Å². The van der Waals surface area contributed by atoms with Crippen molar-refractivity contribution in [1.29, 1.82) is 0 Å². The molecule has 0 aromatic carbocycles. The summed E-state index contributed by atoms with van der Waals surface area (Å²) in [5.41, 5.74) is 1.09. The van der Waals surface area contributed by atoms with E-state index in [0.717, 1.165) is 11.8 Å². The first-order chi connectivity index (χ1) is 6.85. The quantitative estimate of drug-likeness (QED) is 0.541. The molecule has 3 spiro atoms. The molecule has 6 fully saturated rings. The largest absolute Gasteiger partial charge is 0.362 e. The number of hydrogen-bond acceptors (Lipinski definition) is 2. The smallest absolute Gasteiger partial charge is 0.130 e. The van der Waals surface area contributed by atoms with Crippen molar-refractivity contribution in [2.75, 3.05) is 0 Å². The Morgan fingerprint density at radius 1 is 0.857 bits per heavy atom. The molecule has 4 saturated carbocycles. The van der Waals surface area contributed by atoms with E-state index < -0.39 is 0 Å². The summed E-state index contributed by atoms with van der Waals surface area (Å²) in [6.45, 7) is 0. The molecule has 2 saturated heterocycles. The van der Waals surface area contributed by atoms with Gasteiger partial charge in [-0.3, -0.25) is 0 Å². The van der Waals surface area contributed by atoms with Crippen molar-refractivity contribution >= 4 is 0 Å². The van der Waals surface area contributed by atoms with Gasteiger partial charge in [0, 0.05) is 5.41 Å². The SMILES string of the molecule is C1C[C@H]2C[C@H]1[C@]13O[C@@H]1C1(CC1)[C@@H]1O[C@@]213. The topological polar surface area (TPSA) is 25.1 Å². The van der Waals surface area contributed by atoms with E-state index in [4.69, 9.17) is 9.47 Å². The zero-order chi connectivity index (χ0) is 8.76. The Morgan fingerprint density at radius 3 is 1.93 bits per heavy atom. The molecule has 0 amide bonds. The molecule has 2 bridgehead atoms. The van der Waals surface area contributed by atoms with Crippen LogP contribution in [-0.4, -0.2) is 23.4 Å². The number of fused-ring (bicyclic) bond motifs is 4. The van der Waals surface area contributed by atoms with Gasteiger partial charge in [0.2, 0.25) is 0 Å². The first-order valence-electron chi connectivity index (χ1n) is 6.20. The molecule has 2 heteroatoms. The third-order valence-corrected chi connectivity index (χ3v) is 6.42. The van der Waals surface area contributed by atoms with Crippen LogP contribution in [0.3, 0.4) is 0 Å². The molecule has 6 rings (SSSR count). The van der Waals surface area contributed by atoms with E-state index in [1.807, 2.05) is 0 Å². The molecule has 0 N–H and O–H groups in total. The lowest BCUT2D eigenvalue weighted by atomic mass is 9.79. The van der Waals surface area contributed by atoms with Gasteiger partial charge in [-0.1, -0.05) is 0 Å². The van der Waals surface area contributed by atoms with Crippen molar-refractivity contribution in [2.45, 2.75) is 55.5 Å². The fourth-order valence-corrected chi connectivity index (χ4v) is 5.83. The molecule has 14 heavy (non-hydrogen) atoms. The summed E-state index contributed by atoms with van der Waals surface area (Å²) in [4.78, 5) is 0. The highest BCUT2D eigenvalue weighted by molar-refractivity contribution is 5.49. The lowest BCUT2D eigenvalue weighted by Gasteiger charge is -2.24. The molecule has 0 aromatic heterocycles. The normalized spacial score (nSPS) is 77.1. The standard InChI is InChI=1S/C12H14O2/c1-2-7-5-6(1)11-8(13-11)10(3-4-10)9-12(7,11)14-9/h6-9H,1-5H2/t6-,7-,8-,9+,11-,12-/m0/s1. The van der Waals surface area contributed by atoms with E-state index in [2.05, 4.69) is 0 Å². The highest BCUT2D eigenvalue weighted by Gasteiger charge is 3.01. The Balaban J connectivity index is 1.67. The van der Waals surface area contributed by atoms with Gasteiger partial charge < -0.3 is 9.47 Å². The van der Waals surface area contributed by atoms with Gasteiger partial charge >= 0.3 is 0 Å². The van der Waals surface area contributed by atoms with Crippen LogP contribution in [-0.2, 0) is 9.47 Å². The molecule has 2 heterocycles. The van der Waals surface area contributed by atoms with Crippen molar-refractivity contribution < 1.29 is 9.47 Å². The summed E-state index contributed by atoms with van der Waals surface area (Å²) >= 11 is 0. The minimum atomic E-state index is 0.275. The molecular weight excluding hydrogens is 176 g/mol. The van der Waals surface area contributed by atoms with Crippen LogP contribution >= 0.6 is 0 Å². The number of epoxide rings is 2. The average Bonchev–Trinajstić information content (AvgIpc) is 3.03. The van der Waals surface area contributed by atoms with Gasteiger partial charge in [-0.05, 0) is 43.9 Å². The van der Waals surface area contributed by atoms with Gasteiger partial charge in [0.1, 0.15) is 11.2 Å². The van der Waals surface area contributed by atoms with Gasteiger partial charge in [-0.25, -0.2) is 0 Å². The number of hydrogen-bond donors (Lipinski definition) is 0. The first-order valence-corrected chi connectivity index (χ1v) is 6.20. The van der Waals surface area contributed by atoms with Gasteiger partial charge in [0.25, 0.3) is 0 Å². The lowest BCUT2D eigenvalue weighted by Crippen LogP contribution is -2.39. The molecule has 74 valence electrons. The van der Waals surface area contributed by atoms with Gasteiger partial charge in [0.15, 0.2) is 0 Å². The van der Waals surface area contributed by atoms with Crippen LogP contribution in [0.4, 0.5) is 0 Å². The number of ether oxygens (including phenoxy) is 2. The van der Waals surface area contributed by atoms with Crippen molar-refractivity contribution in [3.8, 4) is 0 Å². The maximum Gasteiger partial charge on any atom is 0.130 e. The van der Waals surface area contributed by atoms with Gasteiger partial charge in [0.05, 0.1) is 12.2 Å². The molecule has 6 aliphatic rings. The molecule has 0 radical (unpaired) electrons. The average molecular weight is 190 g/mol. The van der Waals surface area contributed by atoms with Crippen molar-refractivity contribution in [3.63, 3.8) is 0 Å². The van der Waals surface area contributed by atoms with Gasteiger partial charge in [-0.2, -0.15) is 0 Å². The summed E-state index contributed by atoms with van der Waals surface area (Å²) in [7, 11) is 0. The van der Waals surface area contributed by atoms with E-state index in [0.29, 0.717) is 17.6 Å². The maximum atomic E-state index is 6.20. The van der Waals surface area contributed by atoms with E-state index in [1.165, 1.54) is 32.1 Å². The van der Waals surface area contributed by atoms with Crippen LogP contribution in [0.25, 0.3) is 0 Å². The summed E-state index contributed by atoms with van der Waals surface area (Å²) in [5.74, 6) is 1.75. The Labute approximate surface area is 82.9 Å².